The molecule has 0 aliphatic heterocycles. The van der Waals surface area contributed by atoms with E-state index in [1.807, 2.05) is 24.3 Å². The molecule has 2 atom stereocenters. The summed E-state index contributed by atoms with van der Waals surface area (Å²) in [4.78, 5) is 14.2. The number of nitrogens with zero attached hydrogens (tertiary/aromatic N) is 1. The highest BCUT2D eigenvalue weighted by molar-refractivity contribution is 5.93. The molecule has 0 saturated heterocycles. The summed E-state index contributed by atoms with van der Waals surface area (Å²) in [7, 11) is 4.11. The smallest absolute Gasteiger partial charge is 0.230 e. The van der Waals surface area contributed by atoms with Crippen LogP contribution in [0.15, 0.2) is 24.3 Å². The van der Waals surface area contributed by atoms with Crippen molar-refractivity contribution >= 4 is 11.6 Å². The van der Waals surface area contributed by atoms with Crippen molar-refractivity contribution in [2.24, 2.45) is 5.92 Å². The predicted molar refractivity (Wildman–Crippen MR) is 80.7 cm³/mol. The largest absolute Gasteiger partial charge is 0.392 e. The number of amides is 1. The molecule has 20 heavy (non-hydrogen) atoms. The minimum atomic E-state index is -0.477. The lowest BCUT2D eigenvalue weighted by molar-refractivity contribution is -0.122. The van der Waals surface area contributed by atoms with Crippen LogP contribution in [0.3, 0.4) is 0 Å². The average molecular weight is 276 g/mol. The molecular formula is C16H24N2O2. The zero-order chi connectivity index (χ0) is 14.5. The van der Waals surface area contributed by atoms with Gasteiger partial charge in [0.05, 0.1) is 12.0 Å². The summed E-state index contributed by atoms with van der Waals surface area (Å²) in [5.41, 5.74) is 2.07. The molecule has 4 heteroatoms. The fraction of sp³-hybridized carbons (Fsp3) is 0.562. The van der Waals surface area contributed by atoms with Crippen molar-refractivity contribution < 1.29 is 9.90 Å². The van der Waals surface area contributed by atoms with Gasteiger partial charge in [-0.2, -0.15) is 0 Å². The Hall–Kier alpha value is -1.39. The summed E-state index contributed by atoms with van der Waals surface area (Å²) in [5, 5.41) is 12.6. The maximum atomic E-state index is 12.0. The van der Waals surface area contributed by atoms with Crippen molar-refractivity contribution in [3.05, 3.63) is 29.8 Å². The van der Waals surface area contributed by atoms with E-state index in [1.165, 1.54) is 5.56 Å². The maximum absolute atomic E-state index is 12.0. The van der Waals surface area contributed by atoms with Gasteiger partial charge in [0.2, 0.25) is 5.91 Å². The first-order valence-electron chi connectivity index (χ1n) is 7.29. The zero-order valence-electron chi connectivity index (χ0n) is 12.3. The second-order valence-electron chi connectivity index (χ2n) is 5.84. The highest BCUT2D eigenvalue weighted by Crippen LogP contribution is 2.26. The molecule has 0 heterocycles. The minimum Gasteiger partial charge on any atom is -0.392 e. The summed E-state index contributed by atoms with van der Waals surface area (Å²) in [5.74, 6) is -0.306. The van der Waals surface area contributed by atoms with Crippen molar-refractivity contribution in [2.45, 2.75) is 31.8 Å². The molecule has 0 spiro atoms. The van der Waals surface area contributed by atoms with Gasteiger partial charge in [0.1, 0.15) is 0 Å². The zero-order valence-corrected chi connectivity index (χ0v) is 12.3. The SMILES string of the molecule is CN(C)CCc1ccc(NC(=O)C2CCCC2O)cc1. The molecule has 2 N–H and O–H groups in total. The number of rotatable bonds is 5. The number of benzene rings is 1. The van der Waals surface area contributed by atoms with Gasteiger partial charge in [-0.1, -0.05) is 12.1 Å². The topological polar surface area (TPSA) is 52.6 Å². The molecular weight excluding hydrogens is 252 g/mol. The summed E-state index contributed by atoms with van der Waals surface area (Å²) in [6.45, 7) is 1.01. The van der Waals surface area contributed by atoms with E-state index in [2.05, 4.69) is 24.3 Å². The van der Waals surface area contributed by atoms with Crippen LogP contribution >= 0.6 is 0 Å². The monoisotopic (exact) mass is 276 g/mol. The highest BCUT2D eigenvalue weighted by atomic mass is 16.3. The first-order chi connectivity index (χ1) is 9.56. The molecule has 110 valence electrons. The van der Waals surface area contributed by atoms with Crippen LogP contribution in [0.5, 0.6) is 0 Å². The van der Waals surface area contributed by atoms with Crippen molar-refractivity contribution in [3.8, 4) is 0 Å². The standard InChI is InChI=1S/C16H24N2O2/c1-18(2)11-10-12-6-8-13(9-7-12)17-16(20)14-4-3-5-15(14)19/h6-9,14-15,19H,3-5,10-11H2,1-2H3,(H,17,20). The van der Waals surface area contributed by atoms with Gasteiger partial charge < -0.3 is 15.3 Å². The number of nitrogens with one attached hydrogen (secondary N) is 1. The van der Waals surface area contributed by atoms with E-state index in [4.69, 9.17) is 0 Å². The number of likely N-dealkylation sites (N-methyl/N-ethyl adjacent to an activating group) is 1. The van der Waals surface area contributed by atoms with Crippen molar-refractivity contribution in [1.29, 1.82) is 0 Å². The lowest BCUT2D eigenvalue weighted by Crippen LogP contribution is -2.28. The van der Waals surface area contributed by atoms with Gasteiger partial charge in [-0.25, -0.2) is 0 Å². The second kappa shape index (κ2) is 6.86. The molecule has 1 aromatic carbocycles. The Morgan fingerprint density at radius 1 is 1.30 bits per heavy atom. The van der Waals surface area contributed by atoms with Gasteiger partial charge in [0, 0.05) is 12.2 Å². The van der Waals surface area contributed by atoms with Crippen LogP contribution in [0.1, 0.15) is 24.8 Å². The first-order valence-corrected chi connectivity index (χ1v) is 7.29. The molecule has 0 radical (unpaired) electrons. The number of aliphatic hydroxyl groups excluding tert-OH is 1. The van der Waals surface area contributed by atoms with Crippen molar-refractivity contribution in [3.63, 3.8) is 0 Å². The third-order valence-corrected chi connectivity index (χ3v) is 3.89. The Morgan fingerprint density at radius 3 is 2.55 bits per heavy atom. The van der Waals surface area contributed by atoms with Crippen LogP contribution in [-0.2, 0) is 11.2 Å². The maximum Gasteiger partial charge on any atom is 0.230 e. The van der Waals surface area contributed by atoms with Crippen molar-refractivity contribution in [2.75, 3.05) is 26.0 Å². The fourth-order valence-electron chi connectivity index (χ4n) is 2.59. The number of anilines is 1. The van der Waals surface area contributed by atoms with Crippen LogP contribution in [0, 0.1) is 5.92 Å². The summed E-state index contributed by atoms with van der Waals surface area (Å²) in [6.07, 6.45) is 2.98. The van der Waals surface area contributed by atoms with Gasteiger partial charge in [0.15, 0.2) is 0 Å². The molecule has 1 saturated carbocycles. The molecule has 2 unspecified atom stereocenters. The molecule has 1 amide bonds. The van der Waals surface area contributed by atoms with E-state index in [0.717, 1.165) is 37.9 Å². The fourth-order valence-corrected chi connectivity index (χ4v) is 2.59. The minimum absolute atomic E-state index is 0.0592. The number of carbonyl (C=O) groups excluding carboxylic acids is 1. The van der Waals surface area contributed by atoms with E-state index in [-0.39, 0.29) is 11.8 Å². The van der Waals surface area contributed by atoms with Gasteiger partial charge >= 0.3 is 0 Å². The average Bonchev–Trinajstić information content (AvgIpc) is 2.84. The predicted octanol–water partition coefficient (Wildman–Crippen LogP) is 1.89. The number of aliphatic hydroxyl groups is 1. The van der Waals surface area contributed by atoms with E-state index in [9.17, 15) is 9.90 Å². The Morgan fingerprint density at radius 2 is 2.00 bits per heavy atom. The molecule has 1 aliphatic carbocycles. The molecule has 1 aliphatic rings. The first kappa shape index (κ1) is 15.0. The highest BCUT2D eigenvalue weighted by Gasteiger charge is 2.31. The summed E-state index contributed by atoms with van der Waals surface area (Å²) < 4.78 is 0. The number of carbonyl (C=O) groups is 1. The number of hydrogen-bond donors (Lipinski definition) is 2. The normalized spacial score (nSPS) is 22.2. The van der Waals surface area contributed by atoms with Crippen LogP contribution in [0.2, 0.25) is 0 Å². The van der Waals surface area contributed by atoms with Gasteiger partial charge in [-0.05, 0) is 57.5 Å². The molecule has 4 nitrogen and oxygen atoms in total. The van der Waals surface area contributed by atoms with E-state index >= 15 is 0 Å². The molecule has 1 fully saturated rings. The Kier molecular flexibility index (Phi) is 5.15. The lowest BCUT2D eigenvalue weighted by atomic mass is 10.0. The van der Waals surface area contributed by atoms with E-state index < -0.39 is 6.10 Å². The Balaban J connectivity index is 1.88. The Labute approximate surface area is 120 Å². The lowest BCUT2D eigenvalue weighted by Gasteiger charge is -2.15. The van der Waals surface area contributed by atoms with Crippen LogP contribution in [-0.4, -0.2) is 42.7 Å². The molecule has 2 rings (SSSR count). The second-order valence-corrected chi connectivity index (χ2v) is 5.84. The molecule has 0 aromatic heterocycles. The third-order valence-electron chi connectivity index (χ3n) is 3.89. The quantitative estimate of drug-likeness (QED) is 0.863. The van der Waals surface area contributed by atoms with Crippen molar-refractivity contribution in [1.82, 2.24) is 4.90 Å². The van der Waals surface area contributed by atoms with Gasteiger partial charge in [0.25, 0.3) is 0 Å². The van der Waals surface area contributed by atoms with Gasteiger partial charge in [-0.15, -0.1) is 0 Å². The van der Waals surface area contributed by atoms with Crippen LogP contribution < -0.4 is 5.32 Å². The summed E-state index contributed by atoms with van der Waals surface area (Å²) >= 11 is 0. The third kappa shape index (κ3) is 4.05. The molecule has 1 aromatic rings. The van der Waals surface area contributed by atoms with Gasteiger partial charge in [-0.3, -0.25) is 4.79 Å². The Bertz CT molecular complexity index is 442. The van der Waals surface area contributed by atoms with Crippen LogP contribution in [0.25, 0.3) is 0 Å². The van der Waals surface area contributed by atoms with Crippen LogP contribution in [0.4, 0.5) is 5.69 Å². The summed E-state index contributed by atoms with van der Waals surface area (Å²) in [6, 6.07) is 7.96. The van der Waals surface area contributed by atoms with E-state index in [1.54, 1.807) is 0 Å². The molecule has 0 bridgehead atoms. The van der Waals surface area contributed by atoms with E-state index in [0.29, 0.717) is 0 Å². The number of hydrogen-bond acceptors (Lipinski definition) is 3.